The van der Waals surface area contributed by atoms with E-state index in [4.69, 9.17) is 9.47 Å². The predicted molar refractivity (Wildman–Crippen MR) is 90.9 cm³/mol. The molecule has 144 valence electrons. The van der Waals surface area contributed by atoms with Gasteiger partial charge >= 0.3 is 12.1 Å². The molecule has 3 heterocycles. The molecule has 2 fully saturated rings. The van der Waals surface area contributed by atoms with Crippen molar-refractivity contribution < 1.29 is 29.0 Å². The summed E-state index contributed by atoms with van der Waals surface area (Å²) in [6.45, 7) is 7.92. The largest absolute Gasteiger partial charge is 0.456 e. The number of ether oxygens (including phenoxy) is 2. The Hall–Kier alpha value is -2.09. The summed E-state index contributed by atoms with van der Waals surface area (Å²) in [5.74, 6) is -0.601. The monoisotopic (exact) mass is 366 g/mol. The van der Waals surface area contributed by atoms with Crippen LogP contribution in [0.1, 0.15) is 40.5 Å². The molecule has 1 N–H and O–H groups in total. The highest BCUT2D eigenvalue weighted by Gasteiger charge is 2.55. The van der Waals surface area contributed by atoms with Crippen molar-refractivity contribution in [3.63, 3.8) is 0 Å². The molecule has 2 saturated heterocycles. The molecular weight excluding hydrogens is 340 g/mol. The summed E-state index contributed by atoms with van der Waals surface area (Å²) in [5.41, 5.74) is -0.511. The van der Waals surface area contributed by atoms with Crippen LogP contribution >= 0.6 is 0 Å². The number of piperidine rings is 1. The van der Waals surface area contributed by atoms with Gasteiger partial charge in [-0.05, 0) is 40.5 Å². The minimum Gasteiger partial charge on any atom is -0.456 e. The van der Waals surface area contributed by atoms with Crippen molar-refractivity contribution in [2.24, 2.45) is 5.41 Å². The summed E-state index contributed by atoms with van der Waals surface area (Å²) in [7, 11) is 0. The Labute approximate surface area is 152 Å². The molecule has 3 aliphatic rings. The number of carbonyl (C=O) groups excluding carboxylic acids is 3. The van der Waals surface area contributed by atoms with Crippen LogP contribution < -0.4 is 0 Å². The molecule has 0 saturated carbocycles. The average Bonchev–Trinajstić information content (AvgIpc) is 3.03. The summed E-state index contributed by atoms with van der Waals surface area (Å²) in [4.78, 5) is 39.9. The van der Waals surface area contributed by atoms with Crippen LogP contribution in [0.5, 0.6) is 0 Å². The van der Waals surface area contributed by atoms with E-state index in [0.717, 1.165) is 0 Å². The number of carbonyl (C=O) groups is 3. The Morgan fingerprint density at radius 3 is 2.46 bits per heavy atom. The van der Waals surface area contributed by atoms with E-state index >= 15 is 0 Å². The van der Waals surface area contributed by atoms with Gasteiger partial charge in [-0.2, -0.15) is 0 Å². The van der Waals surface area contributed by atoms with Crippen LogP contribution in [0.25, 0.3) is 0 Å². The predicted octanol–water partition coefficient (Wildman–Crippen LogP) is 1.04. The van der Waals surface area contributed by atoms with Crippen molar-refractivity contribution in [2.45, 2.75) is 52.2 Å². The van der Waals surface area contributed by atoms with Gasteiger partial charge in [0.05, 0.1) is 29.3 Å². The van der Waals surface area contributed by atoms with Crippen molar-refractivity contribution in [3.8, 4) is 0 Å². The van der Waals surface area contributed by atoms with E-state index in [1.54, 1.807) is 32.6 Å². The number of esters is 1. The highest BCUT2D eigenvalue weighted by Crippen LogP contribution is 2.44. The van der Waals surface area contributed by atoms with Crippen LogP contribution in [-0.2, 0) is 19.1 Å². The standard InChI is InChI=1S/C18H26N2O6/c1-11-12(10-25-14(11)22)20-8-6-18(15(20)23)5-7-19(9-13(18)21)16(24)26-17(2,3)4/h13,21H,5-10H2,1-4H3/t13-,18+/m1/s1. The van der Waals surface area contributed by atoms with Crippen molar-refractivity contribution in [2.75, 3.05) is 26.2 Å². The molecule has 0 aromatic heterocycles. The van der Waals surface area contributed by atoms with Crippen molar-refractivity contribution in [1.29, 1.82) is 0 Å². The number of likely N-dealkylation sites (tertiary alicyclic amines) is 2. The Balaban J connectivity index is 1.72. The molecule has 0 aliphatic carbocycles. The molecule has 0 radical (unpaired) electrons. The number of nitrogens with zero attached hydrogens (tertiary/aromatic N) is 2. The maximum Gasteiger partial charge on any atom is 0.410 e. The van der Waals surface area contributed by atoms with Crippen molar-refractivity contribution >= 4 is 18.0 Å². The number of hydrogen-bond acceptors (Lipinski definition) is 6. The van der Waals surface area contributed by atoms with E-state index in [2.05, 4.69) is 0 Å². The number of β-amino-alcohol motifs (C(OH)–C–C–N with tert-alkyl or cyclic N) is 1. The van der Waals surface area contributed by atoms with Gasteiger partial charge in [0.25, 0.3) is 0 Å². The number of aliphatic hydroxyl groups excluding tert-OH is 1. The maximum absolute atomic E-state index is 13.1. The van der Waals surface area contributed by atoms with Gasteiger partial charge in [0.15, 0.2) is 0 Å². The van der Waals surface area contributed by atoms with Gasteiger partial charge in [0.2, 0.25) is 5.91 Å². The maximum atomic E-state index is 13.1. The lowest BCUT2D eigenvalue weighted by molar-refractivity contribution is -0.146. The minimum atomic E-state index is -0.972. The SMILES string of the molecule is CC1=C(N2CC[C@]3(CCN(C(=O)OC(C)(C)C)C[C@H]3O)C2=O)COC1=O. The lowest BCUT2D eigenvalue weighted by Crippen LogP contribution is -2.56. The van der Waals surface area contributed by atoms with Crippen LogP contribution in [-0.4, -0.2) is 70.8 Å². The molecule has 8 nitrogen and oxygen atoms in total. The Kier molecular flexibility index (Phi) is 4.50. The van der Waals surface area contributed by atoms with E-state index in [0.29, 0.717) is 37.2 Å². The normalized spacial score (nSPS) is 29.7. The molecule has 2 atom stereocenters. The third kappa shape index (κ3) is 3.06. The summed E-state index contributed by atoms with van der Waals surface area (Å²) in [6, 6.07) is 0. The third-order valence-electron chi connectivity index (χ3n) is 5.37. The first-order valence-corrected chi connectivity index (χ1v) is 8.90. The summed E-state index contributed by atoms with van der Waals surface area (Å²) >= 11 is 0. The topological polar surface area (TPSA) is 96.4 Å². The number of cyclic esters (lactones) is 1. The van der Waals surface area contributed by atoms with Gasteiger partial charge in [0.1, 0.15) is 12.2 Å². The number of amides is 2. The first-order chi connectivity index (χ1) is 12.0. The number of aliphatic hydroxyl groups is 1. The number of hydrogen-bond donors (Lipinski definition) is 1. The molecule has 0 aromatic carbocycles. The lowest BCUT2D eigenvalue weighted by atomic mass is 9.75. The van der Waals surface area contributed by atoms with Crippen LogP contribution in [0, 0.1) is 5.41 Å². The van der Waals surface area contributed by atoms with Gasteiger partial charge in [-0.25, -0.2) is 9.59 Å². The first kappa shape index (κ1) is 18.7. The second-order valence-corrected chi connectivity index (χ2v) is 8.20. The van der Waals surface area contributed by atoms with Crippen LogP contribution in [0.15, 0.2) is 11.3 Å². The van der Waals surface area contributed by atoms with Crippen LogP contribution in [0.3, 0.4) is 0 Å². The third-order valence-corrected chi connectivity index (χ3v) is 5.37. The zero-order valence-corrected chi connectivity index (χ0v) is 15.7. The van der Waals surface area contributed by atoms with Gasteiger partial charge in [0, 0.05) is 13.1 Å². The lowest BCUT2D eigenvalue weighted by Gasteiger charge is -2.42. The number of rotatable bonds is 1. The molecule has 0 unspecified atom stereocenters. The zero-order valence-electron chi connectivity index (χ0n) is 15.7. The minimum absolute atomic E-state index is 0.0575. The fourth-order valence-electron chi connectivity index (χ4n) is 3.80. The Morgan fingerprint density at radius 2 is 1.92 bits per heavy atom. The van der Waals surface area contributed by atoms with E-state index in [1.165, 1.54) is 4.90 Å². The average molecular weight is 366 g/mol. The fraction of sp³-hybridized carbons (Fsp3) is 0.722. The summed E-state index contributed by atoms with van der Waals surface area (Å²) in [6.07, 6.45) is -0.605. The first-order valence-electron chi connectivity index (χ1n) is 8.90. The summed E-state index contributed by atoms with van der Waals surface area (Å²) < 4.78 is 10.3. The van der Waals surface area contributed by atoms with Crippen molar-refractivity contribution in [3.05, 3.63) is 11.3 Å². The smallest absolute Gasteiger partial charge is 0.410 e. The quantitative estimate of drug-likeness (QED) is 0.697. The molecule has 3 aliphatic heterocycles. The van der Waals surface area contributed by atoms with E-state index in [9.17, 15) is 19.5 Å². The Bertz CT molecular complexity index is 680. The van der Waals surface area contributed by atoms with E-state index in [-0.39, 0.29) is 19.1 Å². The molecule has 3 rings (SSSR count). The van der Waals surface area contributed by atoms with Crippen molar-refractivity contribution in [1.82, 2.24) is 9.80 Å². The van der Waals surface area contributed by atoms with Gasteiger partial charge < -0.3 is 24.4 Å². The highest BCUT2D eigenvalue weighted by atomic mass is 16.6. The molecule has 2 amide bonds. The van der Waals surface area contributed by atoms with E-state index in [1.807, 2.05) is 0 Å². The van der Waals surface area contributed by atoms with Gasteiger partial charge in [-0.15, -0.1) is 0 Å². The van der Waals surface area contributed by atoms with Crippen LogP contribution in [0.4, 0.5) is 4.79 Å². The Morgan fingerprint density at radius 1 is 1.27 bits per heavy atom. The molecule has 0 bridgehead atoms. The summed E-state index contributed by atoms with van der Waals surface area (Å²) in [5, 5.41) is 10.7. The van der Waals surface area contributed by atoms with Gasteiger partial charge in [-0.1, -0.05) is 0 Å². The second-order valence-electron chi connectivity index (χ2n) is 8.20. The molecule has 26 heavy (non-hydrogen) atoms. The molecular formula is C18H26N2O6. The highest BCUT2D eigenvalue weighted by molar-refractivity contribution is 5.94. The molecule has 0 aromatic rings. The van der Waals surface area contributed by atoms with Gasteiger partial charge in [-0.3, -0.25) is 4.79 Å². The molecule has 1 spiro atoms. The molecule has 8 heteroatoms. The fourth-order valence-corrected chi connectivity index (χ4v) is 3.80. The second kappa shape index (κ2) is 6.26. The van der Waals surface area contributed by atoms with E-state index < -0.39 is 29.2 Å². The van der Waals surface area contributed by atoms with Crippen LogP contribution in [0.2, 0.25) is 0 Å². The zero-order chi connectivity index (χ0) is 19.3.